The number of imide groups is 1. The number of carbonyl (C=O) groups excluding carboxylic acids is 3. The maximum Gasteiger partial charge on any atom is 0.321 e. The monoisotopic (exact) mass is 388 g/mol. The zero-order valence-electron chi connectivity index (χ0n) is 15.6. The largest absolute Gasteiger partial charge is 0.477 e. The van der Waals surface area contributed by atoms with E-state index in [4.69, 9.17) is 9.47 Å². The number of hydrogen-bond acceptors (Lipinski definition) is 6. The summed E-state index contributed by atoms with van der Waals surface area (Å²) in [6, 6.07) is 6.62. The van der Waals surface area contributed by atoms with Crippen molar-refractivity contribution in [3.8, 4) is 5.75 Å². The third-order valence-electron chi connectivity index (χ3n) is 4.45. The number of morpholine rings is 1. The Kier molecular flexibility index (Phi) is 6.49. The van der Waals surface area contributed by atoms with E-state index < -0.39 is 18.0 Å². The SMILES string of the molecule is C=CCNC(=O)NC(=O)CN1CC(C(=O)N2CCOCC2)Oc2ccccc21. The molecule has 0 saturated carbocycles. The standard InChI is InChI=1S/C19H24N4O5/c1-2-7-20-19(26)21-17(24)13-23-12-16(18(25)22-8-10-27-11-9-22)28-15-6-4-3-5-14(15)23/h2-6,16H,1,7-13H2,(H2,20,21,24,26). The topological polar surface area (TPSA) is 100 Å². The van der Waals surface area contributed by atoms with E-state index in [1.54, 1.807) is 21.9 Å². The van der Waals surface area contributed by atoms with Gasteiger partial charge in [0, 0.05) is 19.6 Å². The summed E-state index contributed by atoms with van der Waals surface area (Å²) >= 11 is 0. The zero-order valence-corrected chi connectivity index (χ0v) is 15.6. The minimum absolute atomic E-state index is 0.0746. The number of nitrogens with one attached hydrogen (secondary N) is 2. The van der Waals surface area contributed by atoms with Crippen molar-refractivity contribution < 1.29 is 23.9 Å². The van der Waals surface area contributed by atoms with Crippen LogP contribution in [0.15, 0.2) is 36.9 Å². The molecule has 1 atom stereocenters. The van der Waals surface area contributed by atoms with Gasteiger partial charge in [-0.3, -0.25) is 14.9 Å². The minimum atomic E-state index is -0.726. The molecule has 2 heterocycles. The molecule has 0 spiro atoms. The van der Waals surface area contributed by atoms with Gasteiger partial charge >= 0.3 is 6.03 Å². The third kappa shape index (κ3) is 4.80. The molecule has 1 aromatic carbocycles. The Morgan fingerprint density at radius 3 is 2.71 bits per heavy atom. The number of hydrogen-bond donors (Lipinski definition) is 2. The lowest BCUT2D eigenvalue weighted by Crippen LogP contribution is -2.54. The number of para-hydroxylation sites is 2. The quantitative estimate of drug-likeness (QED) is 0.696. The van der Waals surface area contributed by atoms with Crippen LogP contribution >= 0.6 is 0 Å². The molecule has 1 aromatic rings. The van der Waals surface area contributed by atoms with Crippen LogP contribution in [0.4, 0.5) is 10.5 Å². The van der Waals surface area contributed by atoms with E-state index in [1.165, 1.54) is 6.08 Å². The highest BCUT2D eigenvalue weighted by Crippen LogP contribution is 2.33. The van der Waals surface area contributed by atoms with Gasteiger partial charge < -0.3 is 24.6 Å². The molecular weight excluding hydrogens is 364 g/mol. The molecule has 3 rings (SSSR count). The number of urea groups is 1. The van der Waals surface area contributed by atoms with Crippen molar-refractivity contribution >= 4 is 23.5 Å². The first-order valence-corrected chi connectivity index (χ1v) is 9.14. The highest BCUT2D eigenvalue weighted by molar-refractivity contribution is 5.97. The number of fused-ring (bicyclic) bond motifs is 1. The van der Waals surface area contributed by atoms with Crippen LogP contribution in [0.3, 0.4) is 0 Å². The van der Waals surface area contributed by atoms with E-state index in [9.17, 15) is 14.4 Å². The molecular formula is C19H24N4O5. The molecule has 9 heteroatoms. The van der Waals surface area contributed by atoms with Crippen LogP contribution in [-0.2, 0) is 14.3 Å². The molecule has 9 nitrogen and oxygen atoms in total. The van der Waals surface area contributed by atoms with Gasteiger partial charge in [0.25, 0.3) is 5.91 Å². The second kappa shape index (κ2) is 9.23. The van der Waals surface area contributed by atoms with Crippen molar-refractivity contribution in [2.45, 2.75) is 6.10 Å². The number of amides is 4. The van der Waals surface area contributed by atoms with Crippen molar-refractivity contribution in [2.75, 3.05) is 50.8 Å². The summed E-state index contributed by atoms with van der Waals surface area (Å²) in [6.45, 7) is 5.94. The zero-order chi connectivity index (χ0) is 19.9. The number of benzene rings is 1. The Labute approximate surface area is 163 Å². The lowest BCUT2D eigenvalue weighted by atomic mass is 10.1. The number of carbonyl (C=O) groups is 3. The first kappa shape index (κ1) is 19.7. The van der Waals surface area contributed by atoms with Crippen LogP contribution in [0, 0.1) is 0 Å². The molecule has 2 aliphatic rings. The molecule has 0 radical (unpaired) electrons. The normalized spacial score (nSPS) is 18.5. The van der Waals surface area contributed by atoms with Crippen molar-refractivity contribution in [2.24, 2.45) is 0 Å². The Balaban J connectivity index is 1.68. The minimum Gasteiger partial charge on any atom is -0.477 e. The average molecular weight is 388 g/mol. The van der Waals surface area contributed by atoms with E-state index >= 15 is 0 Å². The molecule has 2 N–H and O–H groups in total. The first-order chi connectivity index (χ1) is 13.6. The van der Waals surface area contributed by atoms with E-state index in [2.05, 4.69) is 17.2 Å². The van der Waals surface area contributed by atoms with Crippen LogP contribution in [0.1, 0.15) is 0 Å². The summed E-state index contributed by atoms with van der Waals surface area (Å²) in [5.74, 6) is -0.0768. The van der Waals surface area contributed by atoms with Crippen molar-refractivity contribution in [1.29, 1.82) is 0 Å². The molecule has 1 unspecified atom stereocenters. The number of anilines is 1. The molecule has 0 bridgehead atoms. The molecule has 28 heavy (non-hydrogen) atoms. The number of nitrogens with zero attached hydrogens (tertiary/aromatic N) is 2. The Morgan fingerprint density at radius 2 is 1.96 bits per heavy atom. The highest BCUT2D eigenvalue weighted by atomic mass is 16.5. The number of ether oxygens (including phenoxy) is 2. The second-order valence-corrected chi connectivity index (χ2v) is 6.44. The molecule has 0 aromatic heterocycles. The Bertz CT molecular complexity index is 748. The summed E-state index contributed by atoms with van der Waals surface area (Å²) in [4.78, 5) is 40.2. The summed E-state index contributed by atoms with van der Waals surface area (Å²) in [5.41, 5.74) is 0.704. The van der Waals surface area contributed by atoms with Crippen LogP contribution in [0.5, 0.6) is 5.75 Å². The lowest BCUT2D eigenvalue weighted by Gasteiger charge is -2.37. The molecule has 2 aliphatic heterocycles. The Morgan fingerprint density at radius 1 is 1.21 bits per heavy atom. The van der Waals surface area contributed by atoms with Gasteiger partial charge in [0.2, 0.25) is 5.91 Å². The van der Waals surface area contributed by atoms with Gasteiger partial charge in [-0.1, -0.05) is 18.2 Å². The molecule has 0 aliphatic carbocycles. The lowest BCUT2D eigenvalue weighted by molar-refractivity contribution is -0.142. The summed E-state index contributed by atoms with van der Waals surface area (Å²) < 4.78 is 11.2. The fraction of sp³-hybridized carbons (Fsp3) is 0.421. The van der Waals surface area contributed by atoms with E-state index in [-0.39, 0.29) is 25.5 Å². The van der Waals surface area contributed by atoms with Crippen molar-refractivity contribution in [3.63, 3.8) is 0 Å². The average Bonchev–Trinajstić information content (AvgIpc) is 2.72. The van der Waals surface area contributed by atoms with Gasteiger partial charge in [-0.05, 0) is 12.1 Å². The summed E-state index contributed by atoms with van der Waals surface area (Å²) in [5, 5.41) is 4.75. The number of rotatable bonds is 5. The van der Waals surface area contributed by atoms with E-state index in [1.807, 2.05) is 12.1 Å². The third-order valence-corrected chi connectivity index (χ3v) is 4.45. The van der Waals surface area contributed by atoms with Crippen LogP contribution < -0.4 is 20.3 Å². The molecule has 4 amide bonds. The van der Waals surface area contributed by atoms with E-state index in [0.29, 0.717) is 37.7 Å². The fourth-order valence-corrected chi connectivity index (χ4v) is 3.12. The van der Waals surface area contributed by atoms with Gasteiger partial charge in [-0.25, -0.2) is 4.79 Å². The van der Waals surface area contributed by atoms with Gasteiger partial charge in [-0.2, -0.15) is 0 Å². The predicted octanol–water partition coefficient (Wildman–Crippen LogP) is 0.125. The predicted molar refractivity (Wildman–Crippen MR) is 102 cm³/mol. The highest BCUT2D eigenvalue weighted by Gasteiger charge is 2.34. The van der Waals surface area contributed by atoms with Gasteiger partial charge in [0.05, 0.1) is 32.0 Å². The first-order valence-electron chi connectivity index (χ1n) is 9.14. The smallest absolute Gasteiger partial charge is 0.321 e. The van der Waals surface area contributed by atoms with Crippen LogP contribution in [-0.4, -0.2) is 74.8 Å². The van der Waals surface area contributed by atoms with Gasteiger partial charge in [0.15, 0.2) is 6.10 Å². The van der Waals surface area contributed by atoms with Crippen LogP contribution in [0.2, 0.25) is 0 Å². The molecule has 1 fully saturated rings. The maximum absolute atomic E-state index is 12.8. The maximum atomic E-state index is 12.8. The molecule has 1 saturated heterocycles. The van der Waals surface area contributed by atoms with Crippen molar-refractivity contribution in [1.82, 2.24) is 15.5 Å². The Hall–Kier alpha value is -3.07. The second-order valence-electron chi connectivity index (χ2n) is 6.44. The van der Waals surface area contributed by atoms with Crippen LogP contribution in [0.25, 0.3) is 0 Å². The fourth-order valence-electron chi connectivity index (χ4n) is 3.12. The summed E-state index contributed by atoms with van der Waals surface area (Å²) in [6.07, 6.45) is 0.791. The van der Waals surface area contributed by atoms with Gasteiger partial charge in [-0.15, -0.1) is 6.58 Å². The molecule has 150 valence electrons. The van der Waals surface area contributed by atoms with Crippen molar-refractivity contribution in [3.05, 3.63) is 36.9 Å². The summed E-state index contributed by atoms with van der Waals surface area (Å²) in [7, 11) is 0. The van der Waals surface area contributed by atoms with Gasteiger partial charge in [0.1, 0.15) is 5.75 Å². The van der Waals surface area contributed by atoms with E-state index in [0.717, 1.165) is 0 Å².